The molecular weight excluding hydrogens is 345 g/mol. The van der Waals surface area contributed by atoms with Crippen molar-refractivity contribution >= 4 is 5.69 Å². The Kier molecular flexibility index (Phi) is 5.04. The third-order valence-electron chi connectivity index (χ3n) is 4.56. The molecule has 1 aromatic carbocycles. The van der Waals surface area contributed by atoms with Crippen LogP contribution in [0.4, 0.5) is 18.9 Å². The molecule has 0 aliphatic carbocycles. The first-order chi connectivity index (χ1) is 12.3. The second kappa shape index (κ2) is 7.11. The summed E-state index contributed by atoms with van der Waals surface area (Å²) in [4.78, 5) is 0. The van der Waals surface area contributed by atoms with Crippen molar-refractivity contribution in [3.05, 3.63) is 35.0 Å². The Hall–Kier alpha value is -2.35. The number of benzene rings is 1. The van der Waals surface area contributed by atoms with E-state index < -0.39 is 17.5 Å². The van der Waals surface area contributed by atoms with Gasteiger partial charge in [0.2, 0.25) is 0 Å². The van der Waals surface area contributed by atoms with Crippen LogP contribution in [0.2, 0.25) is 0 Å². The number of phenolic OH excluding ortho intramolecular Hbond substituents is 1. The van der Waals surface area contributed by atoms with Crippen molar-refractivity contribution in [1.82, 2.24) is 15.5 Å². The maximum atomic E-state index is 13.0. The zero-order valence-electron chi connectivity index (χ0n) is 14.6. The molecule has 0 saturated carbocycles. The van der Waals surface area contributed by atoms with E-state index in [9.17, 15) is 18.3 Å². The van der Waals surface area contributed by atoms with E-state index in [2.05, 4.69) is 20.8 Å². The van der Waals surface area contributed by atoms with E-state index in [1.54, 1.807) is 6.20 Å². The Bertz CT molecular complexity index is 779. The van der Waals surface area contributed by atoms with Crippen molar-refractivity contribution in [3.8, 4) is 17.0 Å². The lowest BCUT2D eigenvalue weighted by molar-refractivity contribution is -0.137. The van der Waals surface area contributed by atoms with Crippen molar-refractivity contribution in [2.45, 2.75) is 38.9 Å². The molecule has 0 unspecified atom stereocenters. The number of alkyl halides is 3. The molecule has 3 rings (SSSR count). The quantitative estimate of drug-likeness (QED) is 0.774. The summed E-state index contributed by atoms with van der Waals surface area (Å²) in [7, 11) is 0. The molecule has 1 aliphatic rings. The fourth-order valence-electron chi connectivity index (χ4n) is 3.25. The van der Waals surface area contributed by atoms with E-state index in [1.807, 2.05) is 6.92 Å². The smallest absolute Gasteiger partial charge is 0.416 e. The van der Waals surface area contributed by atoms with Gasteiger partial charge in [-0.2, -0.15) is 18.3 Å². The summed E-state index contributed by atoms with van der Waals surface area (Å²) in [5, 5.41) is 25.1. The molecule has 8 heteroatoms. The second-order valence-electron chi connectivity index (χ2n) is 6.62. The Balaban J connectivity index is 2.05. The summed E-state index contributed by atoms with van der Waals surface area (Å²) < 4.78 is 38.9. The van der Waals surface area contributed by atoms with Crippen LogP contribution in [0.5, 0.6) is 5.75 Å². The Morgan fingerprint density at radius 2 is 2.00 bits per heavy atom. The molecule has 2 aromatic rings. The largest absolute Gasteiger partial charge is 0.507 e. The summed E-state index contributed by atoms with van der Waals surface area (Å²) in [6.45, 7) is 5.14. The van der Waals surface area contributed by atoms with Crippen molar-refractivity contribution < 1.29 is 18.3 Å². The predicted molar refractivity (Wildman–Crippen MR) is 93.1 cm³/mol. The minimum Gasteiger partial charge on any atom is -0.507 e. The Morgan fingerprint density at radius 3 is 2.62 bits per heavy atom. The van der Waals surface area contributed by atoms with Crippen LogP contribution < -0.4 is 10.6 Å². The molecule has 140 valence electrons. The highest BCUT2D eigenvalue weighted by atomic mass is 19.4. The first-order valence-electron chi connectivity index (χ1n) is 8.48. The van der Waals surface area contributed by atoms with Crippen LogP contribution in [0, 0.1) is 13.8 Å². The van der Waals surface area contributed by atoms with Gasteiger partial charge >= 0.3 is 6.18 Å². The van der Waals surface area contributed by atoms with E-state index in [0.29, 0.717) is 16.9 Å². The number of hydrogen-bond acceptors (Lipinski definition) is 5. The van der Waals surface area contributed by atoms with Crippen LogP contribution in [0.15, 0.2) is 18.3 Å². The minimum atomic E-state index is -4.52. The zero-order chi connectivity index (χ0) is 18.9. The number of aryl methyl sites for hydroxylation is 2. The summed E-state index contributed by atoms with van der Waals surface area (Å²) in [6, 6.07) is 1.94. The van der Waals surface area contributed by atoms with Gasteiger partial charge in [0, 0.05) is 18.2 Å². The monoisotopic (exact) mass is 366 g/mol. The molecule has 1 aromatic heterocycles. The third kappa shape index (κ3) is 3.75. The molecule has 1 saturated heterocycles. The van der Waals surface area contributed by atoms with Crippen molar-refractivity contribution in [3.63, 3.8) is 0 Å². The number of phenols is 1. The average molecular weight is 366 g/mol. The minimum absolute atomic E-state index is 0.183. The van der Waals surface area contributed by atoms with Gasteiger partial charge in [-0.1, -0.05) is 0 Å². The van der Waals surface area contributed by atoms with Gasteiger partial charge in [-0.05, 0) is 56.5 Å². The van der Waals surface area contributed by atoms with E-state index >= 15 is 0 Å². The van der Waals surface area contributed by atoms with E-state index in [1.165, 1.54) is 6.92 Å². The average Bonchev–Trinajstić information content (AvgIpc) is 2.57. The SMILES string of the molecule is Cc1cnnc(-c2c(C)cc(C(F)(F)F)cc2O)c1N[C@@H]1CCCNC1. The lowest BCUT2D eigenvalue weighted by Gasteiger charge is -2.26. The standard InChI is InChI=1S/C18H21F3N4O/c1-10-6-12(18(19,20)21)7-14(26)15(10)17-16(11(2)8-23-25-17)24-13-4-3-5-22-9-13/h6-8,13,22,26H,3-5,9H2,1-2H3,(H,23,24)/t13-/m1/s1. The molecule has 0 radical (unpaired) electrons. The van der Waals surface area contributed by atoms with E-state index in [4.69, 9.17) is 0 Å². The van der Waals surface area contributed by atoms with Crippen molar-refractivity contribution in [2.75, 3.05) is 18.4 Å². The highest BCUT2D eigenvalue weighted by molar-refractivity contribution is 5.82. The van der Waals surface area contributed by atoms with Crippen LogP contribution in [-0.2, 0) is 6.18 Å². The predicted octanol–water partition coefficient (Wildman–Crippen LogP) is 3.65. The number of nitrogens with one attached hydrogen (secondary N) is 2. The number of aromatic hydroxyl groups is 1. The first kappa shape index (κ1) is 18.4. The van der Waals surface area contributed by atoms with Crippen LogP contribution in [-0.4, -0.2) is 34.4 Å². The summed E-state index contributed by atoms with van der Waals surface area (Å²) >= 11 is 0. The molecule has 3 N–H and O–H groups in total. The number of rotatable bonds is 3. The number of nitrogens with zero attached hydrogens (tertiary/aromatic N) is 2. The fraction of sp³-hybridized carbons (Fsp3) is 0.444. The summed E-state index contributed by atoms with van der Waals surface area (Å²) in [5.74, 6) is -0.456. The summed E-state index contributed by atoms with van der Waals surface area (Å²) in [5.41, 5.74) is 1.54. The topological polar surface area (TPSA) is 70.1 Å². The maximum absolute atomic E-state index is 13.0. The second-order valence-corrected chi connectivity index (χ2v) is 6.62. The van der Waals surface area contributed by atoms with Gasteiger partial charge in [0.1, 0.15) is 11.4 Å². The van der Waals surface area contributed by atoms with Crippen LogP contribution in [0.1, 0.15) is 29.5 Å². The number of anilines is 1. The lowest BCUT2D eigenvalue weighted by atomic mass is 9.98. The van der Waals surface area contributed by atoms with Gasteiger partial charge in [-0.3, -0.25) is 0 Å². The maximum Gasteiger partial charge on any atom is 0.416 e. The van der Waals surface area contributed by atoms with Gasteiger partial charge in [0.25, 0.3) is 0 Å². The summed E-state index contributed by atoms with van der Waals surface area (Å²) in [6.07, 6.45) is -0.909. The molecule has 1 fully saturated rings. The molecule has 0 spiro atoms. The van der Waals surface area contributed by atoms with Gasteiger partial charge in [-0.25, -0.2) is 0 Å². The van der Waals surface area contributed by atoms with E-state index in [0.717, 1.165) is 43.6 Å². The fourth-order valence-corrected chi connectivity index (χ4v) is 3.25. The highest BCUT2D eigenvalue weighted by Gasteiger charge is 2.32. The zero-order valence-corrected chi connectivity index (χ0v) is 14.6. The molecule has 5 nitrogen and oxygen atoms in total. The normalized spacial score (nSPS) is 18.0. The molecule has 26 heavy (non-hydrogen) atoms. The van der Waals surface area contributed by atoms with Crippen LogP contribution in [0.25, 0.3) is 11.3 Å². The third-order valence-corrected chi connectivity index (χ3v) is 4.56. The molecule has 0 bridgehead atoms. The number of hydrogen-bond donors (Lipinski definition) is 3. The molecular formula is C18H21F3N4O. The number of piperidine rings is 1. The molecule has 2 heterocycles. The highest BCUT2D eigenvalue weighted by Crippen LogP contribution is 2.41. The Morgan fingerprint density at radius 1 is 1.23 bits per heavy atom. The Labute approximate surface area is 149 Å². The molecule has 0 amide bonds. The first-order valence-corrected chi connectivity index (χ1v) is 8.48. The number of aromatic nitrogens is 2. The van der Waals surface area contributed by atoms with Gasteiger partial charge in [-0.15, -0.1) is 5.10 Å². The van der Waals surface area contributed by atoms with E-state index in [-0.39, 0.29) is 11.6 Å². The lowest BCUT2D eigenvalue weighted by Crippen LogP contribution is -2.38. The van der Waals surface area contributed by atoms with Gasteiger partial charge in [0.05, 0.1) is 17.4 Å². The van der Waals surface area contributed by atoms with Gasteiger partial charge < -0.3 is 15.7 Å². The molecule has 1 atom stereocenters. The number of halogens is 3. The van der Waals surface area contributed by atoms with Crippen molar-refractivity contribution in [2.24, 2.45) is 0 Å². The van der Waals surface area contributed by atoms with Crippen LogP contribution in [0.3, 0.4) is 0 Å². The van der Waals surface area contributed by atoms with Gasteiger partial charge in [0.15, 0.2) is 0 Å². The van der Waals surface area contributed by atoms with Crippen LogP contribution >= 0.6 is 0 Å². The van der Waals surface area contributed by atoms with Crippen molar-refractivity contribution in [1.29, 1.82) is 0 Å². The molecule has 1 aliphatic heterocycles.